The second-order valence-electron chi connectivity index (χ2n) is 5.09. The van der Waals surface area contributed by atoms with E-state index in [4.69, 9.17) is 0 Å². The van der Waals surface area contributed by atoms with Crippen molar-refractivity contribution in [1.82, 2.24) is 15.6 Å². The highest BCUT2D eigenvalue weighted by Gasteiger charge is 2.31. The number of aromatic nitrogens is 1. The van der Waals surface area contributed by atoms with Gasteiger partial charge in [0.15, 0.2) is 0 Å². The van der Waals surface area contributed by atoms with Crippen LogP contribution in [0.15, 0.2) is 5.38 Å². The van der Waals surface area contributed by atoms with Crippen molar-refractivity contribution in [2.45, 2.75) is 33.1 Å². The molecule has 0 saturated carbocycles. The lowest BCUT2D eigenvalue weighted by Crippen LogP contribution is -2.36. The van der Waals surface area contributed by atoms with E-state index in [1.807, 2.05) is 0 Å². The van der Waals surface area contributed by atoms with Crippen molar-refractivity contribution >= 4 is 11.3 Å². The maximum atomic E-state index is 4.48. The van der Waals surface area contributed by atoms with Crippen molar-refractivity contribution in [3.8, 4) is 0 Å². The molecule has 0 radical (unpaired) electrons. The van der Waals surface area contributed by atoms with Gasteiger partial charge in [-0.25, -0.2) is 4.98 Å². The summed E-state index contributed by atoms with van der Waals surface area (Å²) in [5.74, 6) is 0. The maximum Gasteiger partial charge on any atom is 0.0940 e. The summed E-state index contributed by atoms with van der Waals surface area (Å²) < 4.78 is 0. The van der Waals surface area contributed by atoms with Crippen molar-refractivity contribution < 1.29 is 0 Å². The Morgan fingerprint density at radius 2 is 2.47 bits per heavy atom. The molecule has 17 heavy (non-hydrogen) atoms. The Labute approximate surface area is 108 Å². The zero-order valence-electron chi connectivity index (χ0n) is 10.9. The molecule has 4 heteroatoms. The summed E-state index contributed by atoms with van der Waals surface area (Å²) >= 11 is 1.77. The number of rotatable bonds is 6. The van der Waals surface area contributed by atoms with Crippen LogP contribution in [-0.4, -0.2) is 31.2 Å². The van der Waals surface area contributed by atoms with Crippen LogP contribution in [0.3, 0.4) is 0 Å². The van der Waals surface area contributed by atoms with Crippen molar-refractivity contribution in [2.75, 3.05) is 26.2 Å². The molecule has 1 aromatic heterocycles. The summed E-state index contributed by atoms with van der Waals surface area (Å²) in [4.78, 5) is 4.48. The predicted molar refractivity (Wildman–Crippen MR) is 73.6 cm³/mol. The minimum absolute atomic E-state index is 0.499. The number of nitrogens with zero attached hydrogens (tertiary/aromatic N) is 1. The normalized spacial score (nSPS) is 24.4. The van der Waals surface area contributed by atoms with Gasteiger partial charge in [-0.2, -0.15) is 0 Å². The summed E-state index contributed by atoms with van der Waals surface area (Å²) in [5.41, 5.74) is 1.65. The number of thiazole rings is 1. The Morgan fingerprint density at radius 3 is 3.06 bits per heavy atom. The standard InChI is InChI=1S/C13H23N3S/c1-3-13(5-7-15-10-13)9-14-6-4-12-16-11(2)8-17-12/h8,14-15H,3-7,9-10H2,1-2H3. The van der Waals surface area contributed by atoms with Crippen molar-refractivity contribution in [3.63, 3.8) is 0 Å². The highest BCUT2D eigenvalue weighted by atomic mass is 32.1. The fourth-order valence-electron chi connectivity index (χ4n) is 2.44. The molecule has 1 saturated heterocycles. The molecule has 96 valence electrons. The van der Waals surface area contributed by atoms with E-state index in [9.17, 15) is 0 Å². The van der Waals surface area contributed by atoms with Gasteiger partial charge < -0.3 is 10.6 Å². The van der Waals surface area contributed by atoms with Gasteiger partial charge >= 0.3 is 0 Å². The van der Waals surface area contributed by atoms with E-state index < -0.39 is 0 Å². The van der Waals surface area contributed by atoms with Crippen LogP contribution in [0.1, 0.15) is 30.5 Å². The summed E-state index contributed by atoms with van der Waals surface area (Å²) in [5, 5.41) is 10.5. The van der Waals surface area contributed by atoms with Gasteiger partial charge in [-0.3, -0.25) is 0 Å². The van der Waals surface area contributed by atoms with Crippen LogP contribution in [0.25, 0.3) is 0 Å². The van der Waals surface area contributed by atoms with Crippen LogP contribution in [0.5, 0.6) is 0 Å². The molecule has 1 unspecified atom stereocenters. The number of hydrogen-bond donors (Lipinski definition) is 2. The molecule has 1 fully saturated rings. The molecule has 3 nitrogen and oxygen atoms in total. The Balaban J connectivity index is 1.69. The molecule has 0 amide bonds. The van der Waals surface area contributed by atoms with E-state index in [1.165, 1.54) is 30.9 Å². The SMILES string of the molecule is CCC1(CNCCc2nc(C)cs2)CCNC1. The quantitative estimate of drug-likeness (QED) is 0.761. The topological polar surface area (TPSA) is 37.0 Å². The summed E-state index contributed by atoms with van der Waals surface area (Å²) in [7, 11) is 0. The van der Waals surface area contributed by atoms with E-state index in [0.29, 0.717) is 5.41 Å². The first-order valence-electron chi connectivity index (χ1n) is 6.56. The average Bonchev–Trinajstić information content (AvgIpc) is 2.95. The highest BCUT2D eigenvalue weighted by molar-refractivity contribution is 7.09. The van der Waals surface area contributed by atoms with Gasteiger partial charge in [0.25, 0.3) is 0 Å². The average molecular weight is 253 g/mol. The number of hydrogen-bond acceptors (Lipinski definition) is 4. The first-order valence-corrected chi connectivity index (χ1v) is 7.44. The van der Waals surface area contributed by atoms with Gasteiger partial charge in [-0.1, -0.05) is 6.92 Å². The van der Waals surface area contributed by atoms with E-state index in [-0.39, 0.29) is 0 Å². The molecule has 1 aromatic rings. The van der Waals surface area contributed by atoms with Crippen molar-refractivity contribution in [3.05, 3.63) is 16.1 Å². The van der Waals surface area contributed by atoms with Gasteiger partial charge in [0.05, 0.1) is 5.01 Å². The zero-order chi connectivity index (χ0) is 12.1. The van der Waals surface area contributed by atoms with E-state index >= 15 is 0 Å². The van der Waals surface area contributed by atoms with E-state index in [0.717, 1.165) is 25.2 Å². The minimum Gasteiger partial charge on any atom is -0.316 e. The first-order chi connectivity index (χ1) is 8.24. The number of nitrogens with one attached hydrogen (secondary N) is 2. The van der Waals surface area contributed by atoms with Crippen molar-refractivity contribution in [2.24, 2.45) is 5.41 Å². The molecular formula is C13H23N3S. The van der Waals surface area contributed by atoms with Gasteiger partial charge in [-0.05, 0) is 31.7 Å². The van der Waals surface area contributed by atoms with Crippen LogP contribution in [0.2, 0.25) is 0 Å². The predicted octanol–water partition coefficient (Wildman–Crippen LogP) is 1.97. The molecule has 0 spiro atoms. The lowest BCUT2D eigenvalue weighted by atomic mass is 9.84. The molecular weight excluding hydrogens is 230 g/mol. The Hall–Kier alpha value is -0.450. The zero-order valence-corrected chi connectivity index (χ0v) is 11.7. The highest BCUT2D eigenvalue weighted by Crippen LogP contribution is 2.28. The molecule has 2 N–H and O–H groups in total. The Kier molecular flexibility index (Phi) is 4.54. The molecule has 2 heterocycles. The third kappa shape index (κ3) is 3.50. The Morgan fingerprint density at radius 1 is 1.59 bits per heavy atom. The molecule has 1 atom stereocenters. The first kappa shape index (κ1) is 13.0. The molecule has 0 aliphatic carbocycles. The monoisotopic (exact) mass is 253 g/mol. The summed E-state index contributed by atoms with van der Waals surface area (Å²) in [6.45, 7) is 8.91. The number of aryl methyl sites for hydroxylation is 1. The smallest absolute Gasteiger partial charge is 0.0940 e. The lowest BCUT2D eigenvalue weighted by Gasteiger charge is -2.26. The van der Waals surface area contributed by atoms with Crippen molar-refractivity contribution in [1.29, 1.82) is 0 Å². The minimum atomic E-state index is 0.499. The second-order valence-corrected chi connectivity index (χ2v) is 6.03. The van der Waals surface area contributed by atoms with Crippen LogP contribution in [-0.2, 0) is 6.42 Å². The van der Waals surface area contributed by atoms with Crippen LogP contribution >= 0.6 is 11.3 Å². The van der Waals surface area contributed by atoms with E-state index in [1.54, 1.807) is 11.3 Å². The fourth-order valence-corrected chi connectivity index (χ4v) is 3.22. The van der Waals surface area contributed by atoms with Crippen LogP contribution in [0, 0.1) is 12.3 Å². The largest absolute Gasteiger partial charge is 0.316 e. The lowest BCUT2D eigenvalue weighted by molar-refractivity contribution is 0.293. The van der Waals surface area contributed by atoms with Gasteiger partial charge in [0.1, 0.15) is 0 Å². The van der Waals surface area contributed by atoms with E-state index in [2.05, 4.69) is 34.8 Å². The molecule has 2 rings (SSSR count). The Bertz CT molecular complexity index is 342. The molecule has 1 aliphatic rings. The molecule has 1 aliphatic heterocycles. The molecule has 0 aromatic carbocycles. The third-order valence-electron chi connectivity index (χ3n) is 3.76. The van der Waals surface area contributed by atoms with Crippen LogP contribution in [0.4, 0.5) is 0 Å². The van der Waals surface area contributed by atoms with Crippen LogP contribution < -0.4 is 10.6 Å². The third-order valence-corrected chi connectivity index (χ3v) is 4.79. The molecule has 0 bridgehead atoms. The maximum absolute atomic E-state index is 4.48. The van der Waals surface area contributed by atoms with Gasteiger partial charge in [0.2, 0.25) is 0 Å². The second kappa shape index (κ2) is 5.94. The fraction of sp³-hybridized carbons (Fsp3) is 0.769. The van der Waals surface area contributed by atoms with Gasteiger partial charge in [-0.15, -0.1) is 11.3 Å². The summed E-state index contributed by atoms with van der Waals surface area (Å²) in [6, 6.07) is 0. The van der Waals surface area contributed by atoms with Gasteiger partial charge in [0, 0.05) is 37.1 Å². The summed E-state index contributed by atoms with van der Waals surface area (Å²) in [6.07, 6.45) is 3.64.